The summed E-state index contributed by atoms with van der Waals surface area (Å²) in [7, 11) is 0. The fourth-order valence-electron chi connectivity index (χ4n) is 4.59. The number of rotatable bonds is 8. The van der Waals surface area contributed by atoms with Gasteiger partial charge in [0.1, 0.15) is 0 Å². The second kappa shape index (κ2) is 11.1. The number of imide groups is 1. The molecule has 3 aromatic carbocycles. The van der Waals surface area contributed by atoms with E-state index in [1.54, 1.807) is 24.3 Å². The molecule has 0 aromatic heterocycles. The van der Waals surface area contributed by atoms with Gasteiger partial charge >= 0.3 is 0 Å². The third kappa shape index (κ3) is 5.49. The zero-order valence-electron chi connectivity index (χ0n) is 20.6. The van der Waals surface area contributed by atoms with Gasteiger partial charge in [0.2, 0.25) is 0 Å². The number of hydrogen-bond acceptors (Lipinski definition) is 6. The Balaban J connectivity index is 1.32. The number of ether oxygens (including phenoxy) is 2. The number of carbonyl (C=O) groups is 3. The Hall–Kier alpha value is -3.78. The standard InChI is InChI=1S/C29H28N2O5S/c1-2-35-25-16-20(12-13-24(25)36-19-27(32)30-14-5-6-15-30)17-26-28(33)31(29(34)37-26)18-22-10-7-9-21-8-3-4-11-23(21)22/h3-4,7-13,16-17H,2,5-6,14-15,18-19H2,1H3/b26-17-. The van der Waals surface area contributed by atoms with Crippen molar-refractivity contribution >= 4 is 45.7 Å². The van der Waals surface area contributed by atoms with Crippen LogP contribution in [0.4, 0.5) is 4.79 Å². The molecule has 0 atom stereocenters. The van der Waals surface area contributed by atoms with E-state index in [-0.39, 0.29) is 30.2 Å². The van der Waals surface area contributed by atoms with Crippen molar-refractivity contribution in [3.63, 3.8) is 0 Å². The first-order valence-electron chi connectivity index (χ1n) is 12.4. The number of benzene rings is 3. The quantitative estimate of drug-likeness (QED) is 0.369. The molecule has 190 valence electrons. The molecule has 2 aliphatic rings. The zero-order chi connectivity index (χ0) is 25.8. The van der Waals surface area contributed by atoms with Crippen molar-refractivity contribution in [1.82, 2.24) is 9.80 Å². The first kappa shape index (κ1) is 24.9. The maximum Gasteiger partial charge on any atom is 0.293 e. The lowest BCUT2D eigenvalue weighted by atomic mass is 10.0. The summed E-state index contributed by atoms with van der Waals surface area (Å²) < 4.78 is 11.5. The SMILES string of the molecule is CCOc1cc(/C=C2\SC(=O)N(Cc3cccc4ccccc34)C2=O)ccc1OCC(=O)N1CCCC1. The fourth-order valence-corrected chi connectivity index (χ4v) is 5.43. The van der Waals surface area contributed by atoms with Gasteiger partial charge in [0.05, 0.1) is 18.1 Å². The Labute approximate surface area is 220 Å². The summed E-state index contributed by atoms with van der Waals surface area (Å²) >= 11 is 0.929. The van der Waals surface area contributed by atoms with Crippen LogP contribution in [0.25, 0.3) is 16.8 Å². The molecule has 0 saturated carbocycles. The highest BCUT2D eigenvalue weighted by Gasteiger charge is 2.35. The highest BCUT2D eigenvalue weighted by atomic mass is 32.2. The van der Waals surface area contributed by atoms with Gasteiger partial charge in [0.15, 0.2) is 18.1 Å². The van der Waals surface area contributed by atoms with Crippen LogP contribution in [-0.4, -0.2) is 53.2 Å². The van der Waals surface area contributed by atoms with E-state index >= 15 is 0 Å². The molecule has 2 aliphatic heterocycles. The number of carbonyl (C=O) groups excluding carboxylic acids is 3. The number of likely N-dealkylation sites (tertiary alicyclic amines) is 1. The summed E-state index contributed by atoms with van der Waals surface area (Å²) in [6.45, 7) is 3.99. The van der Waals surface area contributed by atoms with Gasteiger partial charge < -0.3 is 14.4 Å². The maximum absolute atomic E-state index is 13.2. The Morgan fingerprint density at radius 1 is 0.973 bits per heavy atom. The van der Waals surface area contributed by atoms with Crippen LogP contribution in [0.1, 0.15) is 30.9 Å². The summed E-state index contributed by atoms with van der Waals surface area (Å²) in [5.74, 6) is 0.595. The Kier molecular flexibility index (Phi) is 7.46. The Morgan fingerprint density at radius 2 is 1.76 bits per heavy atom. The van der Waals surface area contributed by atoms with E-state index in [0.29, 0.717) is 28.6 Å². The van der Waals surface area contributed by atoms with Crippen molar-refractivity contribution in [3.05, 3.63) is 76.7 Å². The smallest absolute Gasteiger partial charge is 0.293 e. The lowest BCUT2D eigenvalue weighted by Crippen LogP contribution is -2.32. The van der Waals surface area contributed by atoms with Crippen LogP contribution in [-0.2, 0) is 16.1 Å². The molecule has 37 heavy (non-hydrogen) atoms. The first-order chi connectivity index (χ1) is 18.0. The van der Waals surface area contributed by atoms with E-state index < -0.39 is 0 Å². The third-order valence-corrected chi connectivity index (χ3v) is 7.36. The van der Waals surface area contributed by atoms with Gasteiger partial charge in [-0.05, 0) is 71.6 Å². The Bertz CT molecular complexity index is 1370. The van der Waals surface area contributed by atoms with Crippen molar-refractivity contribution in [1.29, 1.82) is 0 Å². The lowest BCUT2D eigenvalue weighted by molar-refractivity contribution is -0.132. The van der Waals surface area contributed by atoms with Crippen molar-refractivity contribution in [2.45, 2.75) is 26.3 Å². The van der Waals surface area contributed by atoms with Crippen LogP contribution < -0.4 is 9.47 Å². The van der Waals surface area contributed by atoms with Gasteiger partial charge in [0, 0.05) is 13.1 Å². The maximum atomic E-state index is 13.2. The van der Waals surface area contributed by atoms with Gasteiger partial charge in [-0.2, -0.15) is 0 Å². The van der Waals surface area contributed by atoms with Crippen LogP contribution in [0.5, 0.6) is 11.5 Å². The molecular formula is C29H28N2O5S. The largest absolute Gasteiger partial charge is 0.490 e. The van der Waals surface area contributed by atoms with Crippen LogP contribution >= 0.6 is 11.8 Å². The third-order valence-electron chi connectivity index (χ3n) is 6.46. The molecule has 0 N–H and O–H groups in total. The average Bonchev–Trinajstić information content (AvgIpc) is 3.54. The molecule has 0 aliphatic carbocycles. The minimum absolute atomic E-state index is 0.0381. The normalized spacial score (nSPS) is 16.7. The van der Waals surface area contributed by atoms with Crippen LogP contribution in [0.2, 0.25) is 0 Å². The van der Waals surface area contributed by atoms with Crippen molar-refractivity contribution in [2.75, 3.05) is 26.3 Å². The first-order valence-corrected chi connectivity index (χ1v) is 13.2. The predicted molar refractivity (Wildman–Crippen MR) is 144 cm³/mol. The molecule has 2 heterocycles. The van der Waals surface area contributed by atoms with Crippen molar-refractivity contribution in [3.8, 4) is 11.5 Å². The van der Waals surface area contributed by atoms with Crippen molar-refractivity contribution in [2.24, 2.45) is 0 Å². The minimum atomic E-state index is -0.322. The molecule has 2 fully saturated rings. The molecule has 0 unspecified atom stereocenters. The summed E-state index contributed by atoms with van der Waals surface area (Å²) in [6.07, 6.45) is 3.74. The van der Waals surface area contributed by atoms with Crippen LogP contribution in [0, 0.1) is 0 Å². The molecule has 2 saturated heterocycles. The van der Waals surface area contributed by atoms with Gasteiger partial charge in [-0.15, -0.1) is 0 Å². The number of nitrogens with zero attached hydrogens (tertiary/aromatic N) is 2. The predicted octanol–water partition coefficient (Wildman–Crippen LogP) is 5.48. The number of amides is 3. The van der Waals surface area contributed by atoms with Crippen molar-refractivity contribution < 1.29 is 23.9 Å². The zero-order valence-corrected chi connectivity index (χ0v) is 21.5. The second-order valence-corrected chi connectivity index (χ2v) is 9.92. The van der Waals surface area contributed by atoms with Crippen LogP contribution in [0.3, 0.4) is 0 Å². The summed E-state index contributed by atoms with van der Waals surface area (Å²) in [5, 5.41) is 1.79. The fraction of sp³-hybridized carbons (Fsp3) is 0.276. The van der Waals surface area contributed by atoms with Gasteiger partial charge in [-0.25, -0.2) is 0 Å². The van der Waals surface area contributed by atoms with Gasteiger partial charge in [0.25, 0.3) is 17.1 Å². The topological polar surface area (TPSA) is 76.1 Å². The lowest BCUT2D eigenvalue weighted by Gasteiger charge is -2.17. The molecular weight excluding hydrogens is 488 g/mol. The molecule has 8 heteroatoms. The molecule has 7 nitrogen and oxygen atoms in total. The van der Waals surface area contributed by atoms with E-state index in [1.807, 2.05) is 54.3 Å². The number of hydrogen-bond donors (Lipinski definition) is 0. The summed E-state index contributed by atoms with van der Waals surface area (Å²) in [4.78, 5) is 41.7. The van der Waals surface area contributed by atoms with E-state index in [0.717, 1.165) is 54.0 Å². The molecule has 0 spiro atoms. The van der Waals surface area contributed by atoms with E-state index in [4.69, 9.17) is 9.47 Å². The monoisotopic (exact) mass is 516 g/mol. The molecule has 0 bridgehead atoms. The molecule has 3 aromatic rings. The van der Waals surface area contributed by atoms with Gasteiger partial charge in [-0.3, -0.25) is 19.3 Å². The molecule has 0 radical (unpaired) electrons. The highest BCUT2D eigenvalue weighted by Crippen LogP contribution is 2.36. The highest BCUT2D eigenvalue weighted by molar-refractivity contribution is 8.18. The summed E-state index contributed by atoms with van der Waals surface area (Å²) in [5.41, 5.74) is 1.63. The number of thioether (sulfide) groups is 1. The Morgan fingerprint density at radius 3 is 2.57 bits per heavy atom. The second-order valence-electron chi connectivity index (χ2n) is 8.92. The van der Waals surface area contributed by atoms with E-state index in [9.17, 15) is 14.4 Å². The minimum Gasteiger partial charge on any atom is -0.490 e. The van der Waals surface area contributed by atoms with Crippen LogP contribution in [0.15, 0.2) is 65.6 Å². The summed E-state index contributed by atoms with van der Waals surface area (Å²) in [6, 6.07) is 19.1. The van der Waals surface area contributed by atoms with E-state index in [1.165, 1.54) is 4.90 Å². The molecule has 5 rings (SSSR count). The molecule has 3 amide bonds. The average molecular weight is 517 g/mol. The van der Waals surface area contributed by atoms with E-state index in [2.05, 4.69) is 0 Å². The number of fused-ring (bicyclic) bond motifs is 1. The van der Waals surface area contributed by atoms with Gasteiger partial charge in [-0.1, -0.05) is 48.5 Å².